The lowest BCUT2D eigenvalue weighted by atomic mass is 9.92. The first kappa shape index (κ1) is 17.2. The van der Waals surface area contributed by atoms with E-state index < -0.39 is 0 Å². The van der Waals surface area contributed by atoms with Gasteiger partial charge in [-0.25, -0.2) is 0 Å². The van der Waals surface area contributed by atoms with Crippen molar-refractivity contribution in [2.45, 2.75) is 40.2 Å². The number of aryl methyl sites for hydroxylation is 1. The normalized spacial score (nSPS) is 22.7. The van der Waals surface area contributed by atoms with Crippen molar-refractivity contribution >= 4 is 17.2 Å². The SMILES string of the molecule is Cc1csc(=O)n1CCC(=O)NCCN1C[C@@H](C)C[C@H](C)C1. The molecule has 1 aromatic heterocycles. The number of carbonyl (C=O) groups is 1. The minimum absolute atomic E-state index is 0.0154. The van der Waals surface area contributed by atoms with E-state index in [4.69, 9.17) is 0 Å². The van der Waals surface area contributed by atoms with E-state index in [1.165, 1.54) is 17.8 Å². The minimum Gasteiger partial charge on any atom is -0.355 e. The van der Waals surface area contributed by atoms with Crippen LogP contribution in [-0.2, 0) is 11.3 Å². The Labute approximate surface area is 136 Å². The second kappa shape index (κ2) is 7.92. The molecule has 2 rings (SSSR count). The van der Waals surface area contributed by atoms with Gasteiger partial charge in [-0.2, -0.15) is 0 Å². The van der Waals surface area contributed by atoms with Crippen molar-refractivity contribution in [1.29, 1.82) is 0 Å². The zero-order valence-electron chi connectivity index (χ0n) is 13.8. The molecule has 1 saturated heterocycles. The van der Waals surface area contributed by atoms with Gasteiger partial charge < -0.3 is 14.8 Å². The van der Waals surface area contributed by atoms with Gasteiger partial charge in [0.05, 0.1) is 0 Å². The van der Waals surface area contributed by atoms with Gasteiger partial charge >= 0.3 is 4.87 Å². The maximum Gasteiger partial charge on any atom is 0.307 e. The molecule has 124 valence electrons. The number of nitrogens with one attached hydrogen (secondary N) is 1. The Morgan fingerprint density at radius 3 is 2.59 bits per heavy atom. The van der Waals surface area contributed by atoms with Gasteiger partial charge in [0.25, 0.3) is 0 Å². The van der Waals surface area contributed by atoms with Crippen molar-refractivity contribution in [1.82, 2.24) is 14.8 Å². The minimum atomic E-state index is 0.0154. The number of hydrogen-bond donors (Lipinski definition) is 1. The molecule has 0 saturated carbocycles. The molecule has 2 heterocycles. The fourth-order valence-electron chi connectivity index (χ4n) is 3.30. The second-order valence-electron chi connectivity index (χ2n) is 6.60. The first-order valence-electron chi connectivity index (χ1n) is 8.09. The molecule has 1 aliphatic heterocycles. The van der Waals surface area contributed by atoms with Crippen LogP contribution in [0, 0.1) is 18.8 Å². The maximum atomic E-state index is 11.9. The molecule has 1 aliphatic rings. The molecule has 0 aliphatic carbocycles. The summed E-state index contributed by atoms with van der Waals surface area (Å²) in [6.07, 6.45) is 1.67. The molecule has 6 heteroatoms. The van der Waals surface area contributed by atoms with Crippen LogP contribution >= 0.6 is 11.3 Å². The van der Waals surface area contributed by atoms with Gasteiger partial charge in [-0.3, -0.25) is 9.59 Å². The molecule has 1 N–H and O–H groups in total. The largest absolute Gasteiger partial charge is 0.355 e. The topological polar surface area (TPSA) is 54.3 Å². The molecule has 1 aromatic rings. The highest BCUT2D eigenvalue weighted by molar-refractivity contribution is 7.07. The Kier molecular flexibility index (Phi) is 6.20. The van der Waals surface area contributed by atoms with E-state index in [1.807, 2.05) is 12.3 Å². The van der Waals surface area contributed by atoms with Crippen LogP contribution in [0.4, 0.5) is 0 Å². The monoisotopic (exact) mass is 325 g/mol. The fraction of sp³-hybridized carbons (Fsp3) is 0.750. The van der Waals surface area contributed by atoms with Gasteiger partial charge in [-0.05, 0) is 25.2 Å². The van der Waals surface area contributed by atoms with E-state index in [0.717, 1.165) is 37.2 Å². The summed E-state index contributed by atoms with van der Waals surface area (Å²) in [5.74, 6) is 1.51. The highest BCUT2D eigenvalue weighted by atomic mass is 32.1. The second-order valence-corrected chi connectivity index (χ2v) is 7.42. The zero-order chi connectivity index (χ0) is 16.1. The van der Waals surface area contributed by atoms with Crippen LogP contribution in [0.3, 0.4) is 0 Å². The molecular formula is C16H27N3O2S. The van der Waals surface area contributed by atoms with Crippen molar-refractivity contribution in [2.24, 2.45) is 11.8 Å². The maximum absolute atomic E-state index is 11.9. The van der Waals surface area contributed by atoms with E-state index in [2.05, 4.69) is 24.1 Å². The Bertz CT molecular complexity index is 542. The molecule has 0 bridgehead atoms. The molecule has 0 unspecified atom stereocenters. The van der Waals surface area contributed by atoms with Gasteiger partial charge in [0, 0.05) is 50.2 Å². The number of hydrogen-bond acceptors (Lipinski definition) is 4. The molecule has 0 radical (unpaired) electrons. The third kappa shape index (κ3) is 4.95. The van der Waals surface area contributed by atoms with E-state index in [1.54, 1.807) is 4.57 Å². The van der Waals surface area contributed by atoms with E-state index in [-0.39, 0.29) is 10.8 Å². The third-order valence-corrected chi connectivity index (χ3v) is 5.11. The van der Waals surface area contributed by atoms with Crippen LogP contribution in [0.25, 0.3) is 0 Å². The van der Waals surface area contributed by atoms with Gasteiger partial charge in [-0.1, -0.05) is 25.2 Å². The highest BCUT2D eigenvalue weighted by Gasteiger charge is 2.21. The Balaban J connectivity index is 1.67. The summed E-state index contributed by atoms with van der Waals surface area (Å²) in [5, 5.41) is 4.80. The molecule has 1 amide bonds. The number of piperidine rings is 1. The first-order chi connectivity index (χ1) is 10.5. The van der Waals surface area contributed by atoms with Crippen LogP contribution < -0.4 is 10.2 Å². The molecule has 0 spiro atoms. The Hall–Kier alpha value is -1.14. The molecule has 0 aromatic carbocycles. The quantitative estimate of drug-likeness (QED) is 0.866. The number of rotatable bonds is 6. The number of likely N-dealkylation sites (tertiary alicyclic amines) is 1. The standard InChI is InChI=1S/C16H27N3O2S/c1-12-8-13(2)10-18(9-12)7-5-17-15(20)4-6-19-14(3)11-22-16(19)21/h11-13H,4-10H2,1-3H3,(H,17,20)/t12-,13-/m0/s1. The Morgan fingerprint density at radius 2 is 2.00 bits per heavy atom. The van der Waals surface area contributed by atoms with E-state index in [9.17, 15) is 9.59 Å². The fourth-order valence-corrected chi connectivity index (χ4v) is 4.07. The summed E-state index contributed by atoms with van der Waals surface area (Å²) in [7, 11) is 0. The predicted octanol–water partition coefficient (Wildman–Crippen LogP) is 1.70. The summed E-state index contributed by atoms with van der Waals surface area (Å²) >= 11 is 1.19. The van der Waals surface area contributed by atoms with E-state index >= 15 is 0 Å². The first-order valence-corrected chi connectivity index (χ1v) is 8.97. The molecule has 1 fully saturated rings. The van der Waals surface area contributed by atoms with Crippen molar-refractivity contribution in [3.05, 3.63) is 20.7 Å². The lowest BCUT2D eigenvalue weighted by Gasteiger charge is -2.34. The molecular weight excluding hydrogens is 298 g/mol. The predicted molar refractivity (Wildman–Crippen MR) is 90.3 cm³/mol. The highest BCUT2D eigenvalue weighted by Crippen LogP contribution is 2.20. The van der Waals surface area contributed by atoms with Crippen molar-refractivity contribution < 1.29 is 4.79 Å². The number of nitrogens with zero attached hydrogens (tertiary/aromatic N) is 2. The molecule has 22 heavy (non-hydrogen) atoms. The molecule has 2 atom stereocenters. The van der Waals surface area contributed by atoms with Crippen LogP contribution in [0.2, 0.25) is 0 Å². The summed E-state index contributed by atoms with van der Waals surface area (Å²) in [5.41, 5.74) is 0.930. The van der Waals surface area contributed by atoms with Gasteiger partial charge in [-0.15, -0.1) is 0 Å². The lowest BCUT2D eigenvalue weighted by Crippen LogP contribution is -2.43. The van der Waals surface area contributed by atoms with E-state index in [0.29, 0.717) is 19.5 Å². The third-order valence-electron chi connectivity index (χ3n) is 4.23. The Morgan fingerprint density at radius 1 is 1.32 bits per heavy atom. The van der Waals surface area contributed by atoms with Crippen LogP contribution in [-0.4, -0.2) is 41.6 Å². The van der Waals surface area contributed by atoms with Gasteiger partial charge in [0.15, 0.2) is 0 Å². The summed E-state index contributed by atoms with van der Waals surface area (Å²) in [4.78, 5) is 25.9. The van der Waals surface area contributed by atoms with Crippen molar-refractivity contribution in [2.75, 3.05) is 26.2 Å². The number of aromatic nitrogens is 1. The van der Waals surface area contributed by atoms with Crippen molar-refractivity contribution in [3.63, 3.8) is 0 Å². The smallest absolute Gasteiger partial charge is 0.307 e. The van der Waals surface area contributed by atoms with Crippen LogP contribution in [0.5, 0.6) is 0 Å². The number of carbonyl (C=O) groups excluding carboxylic acids is 1. The summed E-state index contributed by atoms with van der Waals surface area (Å²) in [6.45, 7) is 10.8. The lowest BCUT2D eigenvalue weighted by molar-refractivity contribution is -0.121. The molecule has 5 nitrogen and oxygen atoms in total. The number of thiazole rings is 1. The van der Waals surface area contributed by atoms with Gasteiger partial charge in [0.1, 0.15) is 0 Å². The van der Waals surface area contributed by atoms with Crippen LogP contribution in [0.1, 0.15) is 32.4 Å². The number of amides is 1. The van der Waals surface area contributed by atoms with Gasteiger partial charge in [0.2, 0.25) is 5.91 Å². The zero-order valence-corrected chi connectivity index (χ0v) is 14.6. The average Bonchev–Trinajstić information content (AvgIpc) is 2.75. The van der Waals surface area contributed by atoms with Crippen molar-refractivity contribution in [3.8, 4) is 0 Å². The average molecular weight is 325 g/mol. The summed E-state index contributed by atoms with van der Waals surface area (Å²) in [6, 6.07) is 0. The van der Waals surface area contributed by atoms with Crippen LogP contribution in [0.15, 0.2) is 10.2 Å². The summed E-state index contributed by atoms with van der Waals surface area (Å²) < 4.78 is 1.66.